The molecule has 2 aliphatic rings. The van der Waals surface area contributed by atoms with Crippen molar-refractivity contribution in [2.24, 2.45) is 17.8 Å². The lowest BCUT2D eigenvalue weighted by molar-refractivity contribution is -0.153. The Morgan fingerprint density at radius 3 is 2.71 bits per heavy atom. The molecular formula is C15H26O2. The van der Waals surface area contributed by atoms with Gasteiger partial charge in [-0.1, -0.05) is 45.4 Å². The summed E-state index contributed by atoms with van der Waals surface area (Å²) in [5.74, 6) is 1.80. The molecule has 0 aliphatic heterocycles. The maximum atomic E-state index is 12.1. The van der Waals surface area contributed by atoms with E-state index in [0.717, 1.165) is 25.2 Å². The Labute approximate surface area is 105 Å². The van der Waals surface area contributed by atoms with Crippen LogP contribution in [-0.2, 0) is 9.53 Å². The highest BCUT2D eigenvalue weighted by Gasteiger charge is 2.39. The first-order valence-electron chi connectivity index (χ1n) is 7.49. The molecule has 0 aromatic heterocycles. The van der Waals surface area contributed by atoms with Crippen LogP contribution in [-0.4, -0.2) is 12.6 Å². The number of ether oxygens (including phenoxy) is 1. The van der Waals surface area contributed by atoms with Crippen molar-refractivity contribution >= 4 is 5.97 Å². The maximum Gasteiger partial charge on any atom is 0.309 e. The van der Waals surface area contributed by atoms with E-state index in [2.05, 4.69) is 6.92 Å². The van der Waals surface area contributed by atoms with Crippen molar-refractivity contribution in [1.82, 2.24) is 0 Å². The molecule has 2 rings (SSSR count). The molecule has 3 unspecified atom stereocenters. The molecule has 3 atom stereocenters. The highest BCUT2D eigenvalue weighted by atomic mass is 16.5. The highest BCUT2D eigenvalue weighted by molar-refractivity contribution is 5.73. The second-order valence-electron chi connectivity index (χ2n) is 5.77. The molecule has 2 saturated carbocycles. The number of carbonyl (C=O) groups is 1. The van der Waals surface area contributed by atoms with Gasteiger partial charge in [-0.2, -0.15) is 0 Å². The molecule has 0 spiro atoms. The van der Waals surface area contributed by atoms with Crippen LogP contribution in [0.15, 0.2) is 0 Å². The van der Waals surface area contributed by atoms with Crippen LogP contribution in [0.1, 0.15) is 64.7 Å². The molecule has 0 amide bonds. The van der Waals surface area contributed by atoms with Crippen LogP contribution in [0, 0.1) is 17.8 Å². The molecule has 0 N–H and O–H groups in total. The molecule has 0 bridgehead atoms. The zero-order valence-corrected chi connectivity index (χ0v) is 11.1. The average molecular weight is 238 g/mol. The van der Waals surface area contributed by atoms with Crippen molar-refractivity contribution in [3.63, 3.8) is 0 Å². The summed E-state index contributed by atoms with van der Waals surface area (Å²) in [6, 6.07) is 0. The Bertz CT molecular complexity index is 247. The summed E-state index contributed by atoms with van der Waals surface area (Å²) in [5, 5.41) is 0. The topological polar surface area (TPSA) is 26.3 Å². The summed E-state index contributed by atoms with van der Waals surface area (Å²) in [6.45, 7) is 2.76. The minimum atomic E-state index is 0.107. The summed E-state index contributed by atoms with van der Waals surface area (Å²) in [7, 11) is 0. The van der Waals surface area contributed by atoms with Gasteiger partial charge < -0.3 is 4.74 Å². The molecule has 0 saturated heterocycles. The van der Waals surface area contributed by atoms with Crippen LogP contribution >= 0.6 is 0 Å². The van der Waals surface area contributed by atoms with E-state index >= 15 is 0 Å². The maximum absolute atomic E-state index is 12.1. The Balaban J connectivity index is 1.87. The molecule has 0 heterocycles. The van der Waals surface area contributed by atoms with E-state index in [4.69, 9.17) is 4.74 Å². The van der Waals surface area contributed by atoms with Gasteiger partial charge in [0.25, 0.3) is 0 Å². The first-order valence-corrected chi connectivity index (χ1v) is 7.49. The normalized spacial score (nSPS) is 32.9. The molecule has 0 radical (unpaired) electrons. The second-order valence-corrected chi connectivity index (χ2v) is 5.77. The molecular weight excluding hydrogens is 212 g/mol. The van der Waals surface area contributed by atoms with E-state index in [0.29, 0.717) is 12.5 Å². The van der Waals surface area contributed by atoms with Gasteiger partial charge in [-0.15, -0.1) is 0 Å². The van der Waals surface area contributed by atoms with Gasteiger partial charge in [0.15, 0.2) is 0 Å². The molecule has 0 aromatic carbocycles. The lowest BCUT2D eigenvalue weighted by Crippen LogP contribution is -2.36. The highest BCUT2D eigenvalue weighted by Crippen LogP contribution is 2.44. The Morgan fingerprint density at radius 1 is 1.12 bits per heavy atom. The first-order chi connectivity index (χ1) is 8.33. The van der Waals surface area contributed by atoms with E-state index < -0.39 is 0 Å². The fourth-order valence-corrected chi connectivity index (χ4v) is 3.66. The van der Waals surface area contributed by atoms with Gasteiger partial charge in [0.05, 0.1) is 12.5 Å². The van der Waals surface area contributed by atoms with Gasteiger partial charge in [-0.25, -0.2) is 0 Å². The summed E-state index contributed by atoms with van der Waals surface area (Å²) < 4.78 is 5.43. The van der Waals surface area contributed by atoms with Crippen molar-refractivity contribution < 1.29 is 9.53 Å². The molecule has 2 nitrogen and oxygen atoms in total. The van der Waals surface area contributed by atoms with E-state index in [-0.39, 0.29) is 11.9 Å². The van der Waals surface area contributed by atoms with E-state index in [1.165, 1.54) is 38.5 Å². The number of carbonyl (C=O) groups excluding carboxylic acids is 1. The van der Waals surface area contributed by atoms with Crippen molar-refractivity contribution in [3.05, 3.63) is 0 Å². The fourth-order valence-electron chi connectivity index (χ4n) is 3.66. The van der Waals surface area contributed by atoms with Gasteiger partial charge >= 0.3 is 5.97 Å². The van der Waals surface area contributed by atoms with Crippen molar-refractivity contribution in [2.75, 3.05) is 6.61 Å². The van der Waals surface area contributed by atoms with Gasteiger partial charge in [0, 0.05) is 0 Å². The summed E-state index contributed by atoms with van der Waals surface area (Å²) >= 11 is 0. The smallest absolute Gasteiger partial charge is 0.309 e. The summed E-state index contributed by atoms with van der Waals surface area (Å²) in [4.78, 5) is 12.1. The van der Waals surface area contributed by atoms with Crippen molar-refractivity contribution in [3.8, 4) is 0 Å². The van der Waals surface area contributed by atoms with Crippen LogP contribution in [0.2, 0.25) is 0 Å². The Morgan fingerprint density at radius 2 is 1.88 bits per heavy atom. The average Bonchev–Trinajstić information content (AvgIpc) is 2.38. The predicted molar refractivity (Wildman–Crippen MR) is 68.7 cm³/mol. The summed E-state index contributed by atoms with van der Waals surface area (Å²) in [5.41, 5.74) is 0. The van der Waals surface area contributed by atoms with Crippen LogP contribution in [0.3, 0.4) is 0 Å². The SMILES string of the molecule is CCCCOC(=O)C1CCCC2CCCCC21. The fraction of sp³-hybridized carbons (Fsp3) is 0.933. The monoisotopic (exact) mass is 238 g/mol. The second kappa shape index (κ2) is 6.42. The van der Waals surface area contributed by atoms with E-state index in [1.807, 2.05) is 0 Å². The van der Waals surface area contributed by atoms with Gasteiger partial charge in [-0.05, 0) is 31.1 Å². The van der Waals surface area contributed by atoms with Crippen LogP contribution in [0.4, 0.5) is 0 Å². The van der Waals surface area contributed by atoms with Crippen LogP contribution in [0.25, 0.3) is 0 Å². The molecule has 17 heavy (non-hydrogen) atoms. The third-order valence-electron chi connectivity index (χ3n) is 4.62. The largest absolute Gasteiger partial charge is 0.465 e. The molecule has 98 valence electrons. The van der Waals surface area contributed by atoms with E-state index in [1.54, 1.807) is 0 Å². The lowest BCUT2D eigenvalue weighted by Gasteiger charge is -2.40. The number of rotatable bonds is 4. The van der Waals surface area contributed by atoms with E-state index in [9.17, 15) is 4.79 Å². The van der Waals surface area contributed by atoms with Crippen molar-refractivity contribution in [1.29, 1.82) is 0 Å². The molecule has 2 fully saturated rings. The predicted octanol–water partition coefficient (Wildman–Crippen LogP) is 3.94. The van der Waals surface area contributed by atoms with Crippen LogP contribution in [0.5, 0.6) is 0 Å². The molecule has 0 aromatic rings. The number of esters is 1. The third-order valence-corrected chi connectivity index (χ3v) is 4.62. The summed E-state index contributed by atoms with van der Waals surface area (Å²) in [6.07, 6.45) is 11.1. The van der Waals surface area contributed by atoms with Gasteiger partial charge in [-0.3, -0.25) is 4.79 Å². The third kappa shape index (κ3) is 3.23. The number of hydrogen-bond acceptors (Lipinski definition) is 2. The first kappa shape index (κ1) is 12.9. The lowest BCUT2D eigenvalue weighted by atomic mass is 9.65. The molecule has 2 aliphatic carbocycles. The van der Waals surface area contributed by atoms with Crippen LogP contribution < -0.4 is 0 Å². The quantitative estimate of drug-likeness (QED) is 0.548. The van der Waals surface area contributed by atoms with Crippen molar-refractivity contribution in [2.45, 2.75) is 64.7 Å². The Hall–Kier alpha value is -0.530. The van der Waals surface area contributed by atoms with Gasteiger partial charge in [0.2, 0.25) is 0 Å². The number of fused-ring (bicyclic) bond motifs is 1. The molecule has 2 heteroatoms. The minimum Gasteiger partial charge on any atom is -0.465 e. The Kier molecular flexibility index (Phi) is 4.87. The zero-order chi connectivity index (χ0) is 12.1. The standard InChI is InChI=1S/C15H26O2/c1-2-3-11-17-15(16)14-10-6-8-12-7-4-5-9-13(12)14/h12-14H,2-11H2,1H3. The number of hydrogen-bond donors (Lipinski definition) is 0. The minimum absolute atomic E-state index is 0.107. The van der Waals surface area contributed by atoms with Gasteiger partial charge in [0.1, 0.15) is 0 Å². The zero-order valence-electron chi connectivity index (χ0n) is 11.1. The number of unbranched alkanes of at least 4 members (excludes halogenated alkanes) is 1.